The molecule has 1 aliphatic heterocycles. The molecule has 0 radical (unpaired) electrons. The molecule has 0 aliphatic carbocycles. The van der Waals surface area contributed by atoms with Gasteiger partial charge in [-0.2, -0.15) is 0 Å². The van der Waals surface area contributed by atoms with Gasteiger partial charge in [0.2, 0.25) is 11.9 Å². The average molecular weight is 530 g/mol. The van der Waals surface area contributed by atoms with Crippen molar-refractivity contribution in [3.8, 4) is 0 Å². The monoisotopic (exact) mass is 529 g/mol. The van der Waals surface area contributed by atoms with E-state index < -0.39 is 11.9 Å². The summed E-state index contributed by atoms with van der Waals surface area (Å²) in [7, 11) is 2.51. The van der Waals surface area contributed by atoms with Crippen LogP contribution in [0.4, 0.5) is 11.6 Å². The number of aryl methyl sites for hydroxylation is 2. The lowest BCUT2D eigenvalue weighted by Gasteiger charge is -2.25. The lowest BCUT2D eigenvalue weighted by molar-refractivity contribution is 0.0394. The van der Waals surface area contributed by atoms with E-state index in [0.717, 1.165) is 31.0 Å². The number of hydrogen-bond acceptors (Lipinski definition) is 10. The van der Waals surface area contributed by atoms with Gasteiger partial charge in [-0.15, -0.1) is 0 Å². The number of hydrogen-bond donors (Lipinski definition) is 3. The van der Waals surface area contributed by atoms with Crippen molar-refractivity contribution >= 4 is 46.9 Å². The third-order valence-corrected chi connectivity index (χ3v) is 5.47. The van der Waals surface area contributed by atoms with Crippen molar-refractivity contribution in [3.63, 3.8) is 0 Å². The van der Waals surface area contributed by atoms with Crippen LogP contribution in [0.2, 0.25) is 0 Å². The summed E-state index contributed by atoms with van der Waals surface area (Å²) < 4.78 is 15.0. The molecule has 198 valence electrons. The van der Waals surface area contributed by atoms with Crippen LogP contribution in [0.25, 0.3) is 0 Å². The molecule has 0 bridgehead atoms. The quantitative estimate of drug-likeness (QED) is 0.208. The van der Waals surface area contributed by atoms with Crippen molar-refractivity contribution < 1.29 is 23.8 Å². The molecule has 1 fully saturated rings. The minimum Gasteiger partial charge on any atom is -0.465 e. The number of esters is 2. The summed E-state index contributed by atoms with van der Waals surface area (Å²) in [6.45, 7) is 8.10. The van der Waals surface area contributed by atoms with Gasteiger partial charge in [0.05, 0.1) is 45.1 Å². The number of guanidine groups is 1. The SMILES string of the molecule is COC(=O)c1cc(NC(=S)NC(=NCCN2CCOCC2)Nc2nc(C)cc(C)n2)cc(C(=O)OC)c1. The van der Waals surface area contributed by atoms with Gasteiger partial charge in [-0.3, -0.25) is 15.2 Å². The Kier molecular flexibility index (Phi) is 10.2. The van der Waals surface area contributed by atoms with Gasteiger partial charge in [0.1, 0.15) is 0 Å². The number of aliphatic imine (C=N–C) groups is 1. The molecule has 1 saturated heterocycles. The second-order valence-corrected chi connectivity index (χ2v) is 8.55. The molecule has 3 N–H and O–H groups in total. The Labute approximate surface area is 220 Å². The van der Waals surface area contributed by atoms with Crippen molar-refractivity contribution in [1.82, 2.24) is 20.2 Å². The standard InChI is InChI=1S/C24H31N7O5S/c1-15-11-16(2)27-23(26-15)29-22(25-5-6-31-7-9-36-10-8-31)30-24(37)28-19-13-17(20(32)34-3)12-18(14-19)21(33)35-4/h11-14H,5-10H2,1-4H3,(H3,25,26,27,28,29,30,37). The number of benzene rings is 1. The zero-order chi connectivity index (χ0) is 26.8. The van der Waals surface area contributed by atoms with E-state index in [1.54, 1.807) is 0 Å². The minimum absolute atomic E-state index is 0.164. The summed E-state index contributed by atoms with van der Waals surface area (Å²) in [6, 6.07) is 6.29. The first-order valence-electron chi connectivity index (χ1n) is 11.6. The second-order valence-electron chi connectivity index (χ2n) is 8.14. The Morgan fingerprint density at radius 2 is 1.59 bits per heavy atom. The number of rotatable bonds is 7. The van der Waals surface area contributed by atoms with E-state index >= 15 is 0 Å². The molecule has 0 amide bonds. The lowest BCUT2D eigenvalue weighted by Crippen LogP contribution is -2.41. The van der Waals surface area contributed by atoms with Crippen LogP contribution in [0.3, 0.4) is 0 Å². The van der Waals surface area contributed by atoms with Crippen LogP contribution in [-0.2, 0) is 14.2 Å². The maximum atomic E-state index is 12.1. The smallest absolute Gasteiger partial charge is 0.337 e. The van der Waals surface area contributed by atoms with E-state index in [9.17, 15) is 9.59 Å². The molecule has 1 aromatic carbocycles. The average Bonchev–Trinajstić information content (AvgIpc) is 2.87. The van der Waals surface area contributed by atoms with Gasteiger partial charge >= 0.3 is 11.9 Å². The van der Waals surface area contributed by atoms with Crippen LogP contribution >= 0.6 is 12.2 Å². The molecule has 0 unspecified atom stereocenters. The summed E-state index contributed by atoms with van der Waals surface area (Å²) in [4.78, 5) is 39.9. The van der Waals surface area contributed by atoms with Gasteiger partial charge in [0.25, 0.3) is 0 Å². The topological polar surface area (TPSA) is 139 Å². The fourth-order valence-electron chi connectivity index (χ4n) is 3.57. The summed E-state index contributed by atoms with van der Waals surface area (Å²) in [5, 5.41) is 9.25. The Morgan fingerprint density at radius 3 is 2.16 bits per heavy atom. The maximum absolute atomic E-state index is 12.1. The van der Waals surface area contributed by atoms with Gasteiger partial charge in [-0.25, -0.2) is 19.6 Å². The van der Waals surface area contributed by atoms with Crippen LogP contribution in [0, 0.1) is 13.8 Å². The van der Waals surface area contributed by atoms with Gasteiger partial charge in [0.15, 0.2) is 5.11 Å². The van der Waals surface area contributed by atoms with E-state index in [2.05, 4.69) is 35.8 Å². The fourth-order valence-corrected chi connectivity index (χ4v) is 3.78. The van der Waals surface area contributed by atoms with E-state index in [4.69, 9.17) is 26.4 Å². The molecule has 13 heteroatoms. The van der Waals surface area contributed by atoms with Crippen LogP contribution < -0.4 is 16.0 Å². The summed E-state index contributed by atoms with van der Waals surface area (Å²) in [5.41, 5.74) is 2.32. The predicted octanol–water partition coefficient (Wildman–Crippen LogP) is 1.75. The highest BCUT2D eigenvalue weighted by molar-refractivity contribution is 7.80. The number of morpholine rings is 1. The van der Waals surface area contributed by atoms with Gasteiger partial charge in [-0.1, -0.05) is 0 Å². The first kappa shape index (κ1) is 27.9. The van der Waals surface area contributed by atoms with Gasteiger partial charge in [-0.05, 0) is 50.3 Å². The summed E-state index contributed by atoms with van der Waals surface area (Å²) in [6.07, 6.45) is 0. The first-order valence-corrected chi connectivity index (χ1v) is 12.0. The molecule has 0 atom stereocenters. The number of methoxy groups -OCH3 is 2. The number of nitrogens with zero attached hydrogens (tertiary/aromatic N) is 4. The number of carbonyl (C=O) groups excluding carboxylic acids is 2. The molecule has 12 nitrogen and oxygen atoms in total. The first-order chi connectivity index (χ1) is 17.8. The molecule has 3 rings (SSSR count). The second kappa shape index (κ2) is 13.6. The normalized spacial score (nSPS) is 14.0. The predicted molar refractivity (Wildman–Crippen MR) is 143 cm³/mol. The van der Waals surface area contributed by atoms with E-state index in [0.29, 0.717) is 37.4 Å². The fraction of sp³-hybridized carbons (Fsp3) is 0.417. The van der Waals surface area contributed by atoms with Gasteiger partial charge < -0.3 is 24.8 Å². The Balaban J connectivity index is 1.77. The Hall–Kier alpha value is -3.68. The number of nitrogens with one attached hydrogen (secondary N) is 3. The van der Waals surface area contributed by atoms with E-state index in [-0.39, 0.29) is 16.2 Å². The molecule has 2 aromatic rings. The molecular formula is C24H31N7O5S. The molecule has 0 saturated carbocycles. The van der Waals surface area contributed by atoms with Crippen LogP contribution in [0.1, 0.15) is 32.1 Å². The highest BCUT2D eigenvalue weighted by Gasteiger charge is 2.15. The molecule has 2 heterocycles. The highest BCUT2D eigenvalue weighted by Crippen LogP contribution is 2.17. The number of thiocarbonyl (C=S) groups is 1. The number of anilines is 2. The van der Waals surface area contributed by atoms with Crippen molar-refractivity contribution in [1.29, 1.82) is 0 Å². The Bertz CT molecular complexity index is 1110. The zero-order valence-electron chi connectivity index (χ0n) is 21.3. The Morgan fingerprint density at radius 1 is 1.00 bits per heavy atom. The number of aromatic nitrogens is 2. The van der Waals surface area contributed by atoms with Crippen LogP contribution in [-0.4, -0.2) is 91.5 Å². The third kappa shape index (κ3) is 8.74. The maximum Gasteiger partial charge on any atom is 0.337 e. The molecule has 0 spiro atoms. The van der Waals surface area contributed by atoms with E-state index in [1.165, 1.54) is 32.4 Å². The lowest BCUT2D eigenvalue weighted by atomic mass is 10.1. The third-order valence-electron chi connectivity index (χ3n) is 5.27. The summed E-state index contributed by atoms with van der Waals surface area (Å²) >= 11 is 5.49. The van der Waals surface area contributed by atoms with Crippen molar-refractivity contribution in [2.24, 2.45) is 4.99 Å². The number of carbonyl (C=O) groups is 2. The van der Waals surface area contributed by atoms with Crippen molar-refractivity contribution in [3.05, 3.63) is 46.8 Å². The molecule has 1 aliphatic rings. The van der Waals surface area contributed by atoms with Crippen molar-refractivity contribution in [2.75, 3.05) is 64.2 Å². The minimum atomic E-state index is -0.605. The zero-order valence-corrected chi connectivity index (χ0v) is 22.1. The van der Waals surface area contributed by atoms with E-state index in [1.807, 2.05) is 19.9 Å². The van der Waals surface area contributed by atoms with Crippen LogP contribution in [0.5, 0.6) is 0 Å². The molecule has 37 heavy (non-hydrogen) atoms. The number of ether oxygens (including phenoxy) is 3. The molecular weight excluding hydrogens is 498 g/mol. The summed E-state index contributed by atoms with van der Waals surface area (Å²) in [5.74, 6) is -0.495. The van der Waals surface area contributed by atoms with Crippen LogP contribution in [0.15, 0.2) is 29.3 Å². The molecule has 1 aromatic heterocycles. The van der Waals surface area contributed by atoms with Gasteiger partial charge in [0, 0.05) is 36.7 Å². The van der Waals surface area contributed by atoms with Crippen molar-refractivity contribution in [2.45, 2.75) is 13.8 Å². The largest absolute Gasteiger partial charge is 0.465 e. The highest BCUT2D eigenvalue weighted by atomic mass is 32.1.